The molecule has 0 aromatic carbocycles. The second kappa shape index (κ2) is 4.21. The Balaban J connectivity index is 4.38. The largest absolute Gasteiger partial charge is 0.380 e. The molecule has 0 aromatic rings. The maximum Gasteiger partial charge on any atom is 0.358 e. The third-order valence-corrected chi connectivity index (χ3v) is 3.69. The molecule has 0 spiro atoms. The lowest BCUT2D eigenvalue weighted by Crippen LogP contribution is -2.16. The van der Waals surface area contributed by atoms with Crippen molar-refractivity contribution < 1.29 is 18.7 Å². The molecule has 0 radical (unpaired) electrons. The predicted octanol–water partition coefficient (Wildman–Crippen LogP) is 1.45. The summed E-state index contributed by atoms with van der Waals surface area (Å²) in [6.45, 7) is 3.49. The fraction of sp³-hybridized carbons (Fsp3) is 1.00. The van der Waals surface area contributed by atoms with Gasteiger partial charge in [0.05, 0.1) is 0 Å². The van der Waals surface area contributed by atoms with Gasteiger partial charge in [-0.25, -0.2) is 0 Å². The Kier molecular flexibility index (Phi) is 4.26. The fourth-order valence-electron chi connectivity index (χ4n) is 0.656. The van der Waals surface area contributed by atoms with Crippen molar-refractivity contribution in [1.29, 1.82) is 0 Å². The molecule has 0 heterocycles. The van der Waals surface area contributed by atoms with Crippen molar-refractivity contribution in [3.05, 3.63) is 0 Å². The average Bonchev–Trinajstić information content (AvgIpc) is 2.01. The molecular formula is C6H15O4P. The summed E-state index contributed by atoms with van der Waals surface area (Å²) in [5.41, 5.74) is 0. The van der Waals surface area contributed by atoms with E-state index < -0.39 is 13.4 Å². The summed E-state index contributed by atoms with van der Waals surface area (Å²) in [6.07, 6.45) is 0. The van der Waals surface area contributed by atoms with Gasteiger partial charge in [0.2, 0.25) is 0 Å². The Hall–Kier alpha value is 0.110. The molecule has 11 heavy (non-hydrogen) atoms. The van der Waals surface area contributed by atoms with Gasteiger partial charge in [-0.1, -0.05) is 13.8 Å². The molecule has 0 bridgehead atoms. The summed E-state index contributed by atoms with van der Waals surface area (Å²) in [5, 5.41) is 9.33. The highest BCUT2D eigenvalue weighted by Gasteiger charge is 2.34. The highest BCUT2D eigenvalue weighted by Crippen LogP contribution is 2.52. The van der Waals surface area contributed by atoms with E-state index in [2.05, 4.69) is 9.05 Å². The zero-order valence-electron chi connectivity index (χ0n) is 7.27. The van der Waals surface area contributed by atoms with Crippen LogP contribution in [0.4, 0.5) is 0 Å². The topological polar surface area (TPSA) is 55.8 Å². The molecular weight excluding hydrogens is 167 g/mol. The highest BCUT2D eigenvalue weighted by atomic mass is 31.2. The summed E-state index contributed by atoms with van der Waals surface area (Å²) in [6, 6.07) is 0. The number of rotatable bonds is 4. The van der Waals surface area contributed by atoms with Crippen molar-refractivity contribution in [2.24, 2.45) is 5.92 Å². The third kappa shape index (κ3) is 2.56. The monoisotopic (exact) mass is 182 g/mol. The first-order valence-corrected chi connectivity index (χ1v) is 4.98. The van der Waals surface area contributed by atoms with E-state index in [0.29, 0.717) is 0 Å². The maximum atomic E-state index is 11.4. The molecule has 0 fully saturated rings. The van der Waals surface area contributed by atoms with E-state index in [1.807, 2.05) is 0 Å². The molecule has 0 aliphatic carbocycles. The van der Waals surface area contributed by atoms with Crippen LogP contribution in [-0.2, 0) is 13.6 Å². The van der Waals surface area contributed by atoms with Gasteiger partial charge in [-0.05, 0) is 5.92 Å². The molecule has 0 saturated carbocycles. The van der Waals surface area contributed by atoms with Crippen molar-refractivity contribution in [3.63, 3.8) is 0 Å². The van der Waals surface area contributed by atoms with Gasteiger partial charge in [0, 0.05) is 14.2 Å². The van der Waals surface area contributed by atoms with Crippen LogP contribution < -0.4 is 0 Å². The van der Waals surface area contributed by atoms with Crippen LogP contribution >= 0.6 is 7.60 Å². The van der Waals surface area contributed by atoms with E-state index in [0.717, 1.165) is 0 Å². The summed E-state index contributed by atoms with van der Waals surface area (Å²) in [7, 11) is -0.753. The van der Waals surface area contributed by atoms with Crippen molar-refractivity contribution >= 4 is 7.60 Å². The van der Waals surface area contributed by atoms with E-state index in [-0.39, 0.29) is 5.92 Å². The van der Waals surface area contributed by atoms with E-state index in [4.69, 9.17) is 0 Å². The van der Waals surface area contributed by atoms with Crippen molar-refractivity contribution in [2.75, 3.05) is 14.2 Å². The number of aliphatic hydroxyl groups is 1. The Bertz CT molecular complexity index is 149. The first kappa shape index (κ1) is 11.1. The second-order valence-electron chi connectivity index (χ2n) is 2.56. The summed E-state index contributed by atoms with van der Waals surface area (Å²) >= 11 is 0. The molecule has 5 heteroatoms. The molecule has 0 rings (SSSR count). The predicted molar refractivity (Wildman–Crippen MR) is 42.5 cm³/mol. The molecule has 1 atom stereocenters. The van der Waals surface area contributed by atoms with Gasteiger partial charge in [-0.3, -0.25) is 4.57 Å². The number of hydrogen-bond donors (Lipinski definition) is 1. The molecule has 1 N–H and O–H groups in total. The summed E-state index contributed by atoms with van der Waals surface area (Å²) in [5.74, 6) is -1.18. The van der Waals surface area contributed by atoms with Crippen LogP contribution in [0.1, 0.15) is 13.8 Å². The molecule has 1 unspecified atom stereocenters. The van der Waals surface area contributed by atoms with Gasteiger partial charge >= 0.3 is 7.60 Å². The van der Waals surface area contributed by atoms with Crippen molar-refractivity contribution in [2.45, 2.75) is 19.7 Å². The minimum atomic E-state index is -3.27. The van der Waals surface area contributed by atoms with E-state index in [1.54, 1.807) is 13.8 Å². The van der Waals surface area contributed by atoms with Crippen LogP contribution in [0.15, 0.2) is 0 Å². The minimum Gasteiger partial charge on any atom is -0.380 e. The van der Waals surface area contributed by atoms with Gasteiger partial charge in [0.1, 0.15) is 0 Å². The quantitative estimate of drug-likeness (QED) is 0.668. The van der Waals surface area contributed by atoms with Crippen molar-refractivity contribution in [1.82, 2.24) is 0 Å². The van der Waals surface area contributed by atoms with Crippen molar-refractivity contribution in [3.8, 4) is 0 Å². The molecule has 0 aromatic heterocycles. The van der Waals surface area contributed by atoms with Crippen LogP contribution in [0.2, 0.25) is 0 Å². The Morgan fingerprint density at radius 1 is 1.27 bits per heavy atom. The highest BCUT2D eigenvalue weighted by molar-refractivity contribution is 7.54. The van der Waals surface area contributed by atoms with Gasteiger partial charge in [-0.2, -0.15) is 0 Å². The lowest BCUT2D eigenvalue weighted by Gasteiger charge is -2.22. The minimum absolute atomic E-state index is 0.138. The Labute approximate surface area is 67.0 Å². The number of aliphatic hydroxyl groups excluding tert-OH is 1. The SMILES string of the molecule is COP(=O)(OC)C(O)C(C)C. The normalized spacial score (nSPS) is 15.5. The molecule has 0 aliphatic rings. The smallest absolute Gasteiger partial charge is 0.358 e. The first-order chi connectivity index (χ1) is 4.98. The maximum absolute atomic E-state index is 11.4. The molecule has 0 amide bonds. The van der Waals surface area contributed by atoms with Crippen LogP contribution in [0, 0.1) is 5.92 Å². The van der Waals surface area contributed by atoms with Crippen LogP contribution in [0.5, 0.6) is 0 Å². The zero-order valence-corrected chi connectivity index (χ0v) is 8.17. The molecule has 4 nitrogen and oxygen atoms in total. The lowest BCUT2D eigenvalue weighted by molar-refractivity contribution is 0.141. The standard InChI is InChI=1S/C6H15O4P/c1-5(2)6(7)11(8,9-3)10-4/h5-7H,1-4H3. The first-order valence-electron chi connectivity index (χ1n) is 3.37. The van der Waals surface area contributed by atoms with Gasteiger partial charge < -0.3 is 14.2 Å². The molecule has 0 aliphatic heterocycles. The Morgan fingerprint density at radius 2 is 1.64 bits per heavy atom. The summed E-state index contributed by atoms with van der Waals surface area (Å²) < 4.78 is 20.6. The van der Waals surface area contributed by atoms with E-state index >= 15 is 0 Å². The zero-order chi connectivity index (χ0) is 9.07. The van der Waals surface area contributed by atoms with Gasteiger partial charge in [0.25, 0.3) is 0 Å². The van der Waals surface area contributed by atoms with E-state index in [1.165, 1.54) is 14.2 Å². The molecule has 0 saturated heterocycles. The average molecular weight is 182 g/mol. The van der Waals surface area contributed by atoms with Crippen LogP contribution in [0.3, 0.4) is 0 Å². The third-order valence-electron chi connectivity index (χ3n) is 1.43. The fourth-order valence-corrected chi connectivity index (χ4v) is 1.97. The molecule has 68 valence electrons. The van der Waals surface area contributed by atoms with Gasteiger partial charge in [-0.15, -0.1) is 0 Å². The number of hydrogen-bond acceptors (Lipinski definition) is 4. The van der Waals surface area contributed by atoms with Crippen LogP contribution in [-0.4, -0.2) is 25.2 Å². The van der Waals surface area contributed by atoms with Gasteiger partial charge in [0.15, 0.2) is 5.85 Å². The van der Waals surface area contributed by atoms with Crippen LogP contribution in [0.25, 0.3) is 0 Å². The second-order valence-corrected chi connectivity index (χ2v) is 4.90. The Morgan fingerprint density at radius 3 is 1.73 bits per heavy atom. The lowest BCUT2D eigenvalue weighted by atomic mass is 10.2. The summed E-state index contributed by atoms with van der Waals surface area (Å²) in [4.78, 5) is 0. The van der Waals surface area contributed by atoms with E-state index in [9.17, 15) is 9.67 Å².